The van der Waals surface area contributed by atoms with Crippen molar-refractivity contribution in [1.29, 1.82) is 0 Å². The van der Waals surface area contributed by atoms with Crippen LogP contribution < -0.4 is 5.73 Å². The van der Waals surface area contributed by atoms with Gasteiger partial charge in [-0.3, -0.25) is 0 Å². The molecule has 72 valence electrons. The number of hydrogen-bond acceptors (Lipinski definition) is 1. The number of hydrogen-bond donors (Lipinski definition) is 1. The third kappa shape index (κ3) is 1.83. The van der Waals surface area contributed by atoms with Crippen LogP contribution in [0.2, 0.25) is 0 Å². The van der Waals surface area contributed by atoms with Gasteiger partial charge in [-0.25, -0.2) is 0 Å². The molecule has 0 amide bonds. The summed E-state index contributed by atoms with van der Waals surface area (Å²) in [6.07, 6.45) is 2.56. The SMILES string of the molecule is CC[C@H]1[C@@H](C(C)P(C)C)C[C@@H]1N. The standard InChI is InChI=1S/C10H22NP/c1-5-8-9(6-10(8)11)7(2)12(3)4/h7-10H,5-6,11H2,1-4H3/t7?,8-,9+,10-/m0/s1. The van der Waals surface area contributed by atoms with Crippen LogP contribution >= 0.6 is 7.92 Å². The molecule has 1 nitrogen and oxygen atoms in total. The molecule has 0 aliphatic heterocycles. The Kier molecular flexibility index (Phi) is 3.55. The molecule has 0 heterocycles. The van der Waals surface area contributed by atoms with Crippen LogP contribution in [-0.4, -0.2) is 25.0 Å². The molecule has 12 heavy (non-hydrogen) atoms. The molecule has 0 saturated heterocycles. The molecule has 0 aromatic rings. The first-order valence-electron chi connectivity index (χ1n) is 5.00. The highest BCUT2D eigenvalue weighted by molar-refractivity contribution is 7.56. The van der Waals surface area contributed by atoms with Crippen molar-refractivity contribution >= 4 is 7.92 Å². The minimum absolute atomic E-state index is 0.237. The van der Waals surface area contributed by atoms with Crippen molar-refractivity contribution < 1.29 is 0 Å². The fraction of sp³-hybridized carbons (Fsp3) is 1.00. The Morgan fingerprint density at radius 2 is 2.08 bits per heavy atom. The highest BCUT2D eigenvalue weighted by Crippen LogP contribution is 2.48. The summed E-state index contributed by atoms with van der Waals surface area (Å²) in [5.74, 6) is 1.76. The molecule has 1 aliphatic carbocycles. The van der Waals surface area contributed by atoms with Crippen LogP contribution in [0.1, 0.15) is 26.7 Å². The summed E-state index contributed by atoms with van der Waals surface area (Å²) >= 11 is 0. The van der Waals surface area contributed by atoms with Gasteiger partial charge in [-0.15, -0.1) is 7.92 Å². The second kappa shape index (κ2) is 4.07. The zero-order valence-corrected chi connectivity index (χ0v) is 9.64. The van der Waals surface area contributed by atoms with E-state index in [9.17, 15) is 0 Å². The number of nitrogens with two attached hydrogens (primary N) is 1. The Labute approximate surface area is 77.9 Å². The fourth-order valence-electron chi connectivity index (χ4n) is 2.33. The van der Waals surface area contributed by atoms with Gasteiger partial charge in [0.05, 0.1) is 0 Å². The van der Waals surface area contributed by atoms with Crippen molar-refractivity contribution in [3.63, 3.8) is 0 Å². The summed E-state index contributed by atoms with van der Waals surface area (Å²) in [6.45, 7) is 9.45. The van der Waals surface area contributed by atoms with Crippen molar-refractivity contribution in [3.8, 4) is 0 Å². The van der Waals surface area contributed by atoms with E-state index in [-0.39, 0.29) is 7.92 Å². The van der Waals surface area contributed by atoms with E-state index in [2.05, 4.69) is 27.2 Å². The van der Waals surface area contributed by atoms with Crippen LogP contribution in [0, 0.1) is 11.8 Å². The maximum absolute atomic E-state index is 5.97. The van der Waals surface area contributed by atoms with Gasteiger partial charge in [0.1, 0.15) is 0 Å². The Morgan fingerprint density at radius 3 is 2.42 bits per heavy atom. The van der Waals surface area contributed by atoms with Gasteiger partial charge in [0.2, 0.25) is 0 Å². The lowest BCUT2D eigenvalue weighted by atomic mass is 9.67. The summed E-state index contributed by atoms with van der Waals surface area (Å²) in [7, 11) is 0.237. The first kappa shape index (κ1) is 10.5. The molecule has 0 radical (unpaired) electrons. The second-order valence-electron chi connectivity index (χ2n) is 4.34. The molecule has 1 rings (SSSR count). The van der Waals surface area contributed by atoms with E-state index >= 15 is 0 Å². The number of rotatable bonds is 3. The molecule has 0 bridgehead atoms. The lowest BCUT2D eigenvalue weighted by molar-refractivity contribution is 0.130. The summed E-state index contributed by atoms with van der Waals surface area (Å²) in [6, 6.07) is 0.511. The van der Waals surface area contributed by atoms with Gasteiger partial charge in [-0.2, -0.15) is 0 Å². The van der Waals surface area contributed by atoms with E-state index in [1.807, 2.05) is 0 Å². The molecule has 1 aliphatic rings. The Morgan fingerprint density at radius 1 is 1.50 bits per heavy atom. The summed E-state index contributed by atoms with van der Waals surface area (Å²) in [5.41, 5.74) is 6.89. The predicted molar refractivity (Wildman–Crippen MR) is 58.1 cm³/mol. The predicted octanol–water partition coefficient (Wildman–Crippen LogP) is 2.49. The quantitative estimate of drug-likeness (QED) is 0.675. The van der Waals surface area contributed by atoms with Crippen LogP contribution in [-0.2, 0) is 0 Å². The molecule has 0 spiro atoms. The van der Waals surface area contributed by atoms with Crippen LogP contribution in [0.4, 0.5) is 0 Å². The van der Waals surface area contributed by atoms with Gasteiger partial charge in [0, 0.05) is 6.04 Å². The Balaban J connectivity index is 2.44. The van der Waals surface area contributed by atoms with E-state index in [1.165, 1.54) is 12.8 Å². The molecule has 2 N–H and O–H groups in total. The van der Waals surface area contributed by atoms with Gasteiger partial charge in [-0.1, -0.05) is 20.3 Å². The van der Waals surface area contributed by atoms with Crippen LogP contribution in [0.3, 0.4) is 0 Å². The largest absolute Gasteiger partial charge is 0.327 e. The van der Waals surface area contributed by atoms with Crippen molar-refractivity contribution in [2.75, 3.05) is 13.3 Å². The minimum Gasteiger partial charge on any atom is -0.327 e. The molecule has 2 heteroatoms. The maximum Gasteiger partial charge on any atom is 0.00729 e. The minimum atomic E-state index is 0.237. The lowest BCUT2D eigenvalue weighted by Crippen LogP contribution is -2.50. The van der Waals surface area contributed by atoms with E-state index in [0.717, 1.165) is 17.5 Å². The summed E-state index contributed by atoms with van der Waals surface area (Å²) in [4.78, 5) is 0. The van der Waals surface area contributed by atoms with E-state index in [4.69, 9.17) is 5.73 Å². The highest BCUT2D eigenvalue weighted by Gasteiger charge is 2.40. The molecule has 0 aromatic heterocycles. The molecule has 1 fully saturated rings. The van der Waals surface area contributed by atoms with Crippen molar-refractivity contribution in [2.24, 2.45) is 17.6 Å². The third-order valence-corrected chi connectivity index (χ3v) is 5.56. The van der Waals surface area contributed by atoms with Crippen molar-refractivity contribution in [2.45, 2.75) is 38.4 Å². The lowest BCUT2D eigenvalue weighted by Gasteiger charge is -2.47. The first-order chi connectivity index (χ1) is 5.57. The highest BCUT2D eigenvalue weighted by atomic mass is 31.1. The second-order valence-corrected chi connectivity index (χ2v) is 7.08. The van der Waals surface area contributed by atoms with Gasteiger partial charge in [0.15, 0.2) is 0 Å². The molecular formula is C10H22NP. The van der Waals surface area contributed by atoms with Crippen molar-refractivity contribution in [1.82, 2.24) is 0 Å². The molecule has 1 unspecified atom stereocenters. The smallest absolute Gasteiger partial charge is 0.00729 e. The molecule has 1 saturated carbocycles. The summed E-state index contributed by atoms with van der Waals surface area (Å²) < 4.78 is 0. The van der Waals surface area contributed by atoms with Crippen LogP contribution in [0.15, 0.2) is 0 Å². The first-order valence-corrected chi connectivity index (χ1v) is 7.30. The Hall–Kier alpha value is 0.390. The molecular weight excluding hydrogens is 165 g/mol. The molecule has 4 atom stereocenters. The summed E-state index contributed by atoms with van der Waals surface area (Å²) in [5, 5.41) is 0. The van der Waals surface area contributed by atoms with E-state index < -0.39 is 0 Å². The van der Waals surface area contributed by atoms with Crippen molar-refractivity contribution in [3.05, 3.63) is 0 Å². The fourth-order valence-corrected chi connectivity index (χ4v) is 3.44. The monoisotopic (exact) mass is 187 g/mol. The van der Waals surface area contributed by atoms with Gasteiger partial charge in [0.25, 0.3) is 0 Å². The van der Waals surface area contributed by atoms with Gasteiger partial charge in [-0.05, 0) is 37.2 Å². The normalized spacial score (nSPS) is 38.0. The Bertz CT molecular complexity index is 140. The topological polar surface area (TPSA) is 26.0 Å². The van der Waals surface area contributed by atoms with Gasteiger partial charge < -0.3 is 5.73 Å². The maximum atomic E-state index is 5.97. The molecule has 0 aromatic carbocycles. The average Bonchev–Trinajstić information content (AvgIpc) is 1.99. The average molecular weight is 187 g/mol. The van der Waals surface area contributed by atoms with Crippen LogP contribution in [0.5, 0.6) is 0 Å². The third-order valence-electron chi connectivity index (χ3n) is 3.55. The van der Waals surface area contributed by atoms with Crippen LogP contribution in [0.25, 0.3) is 0 Å². The zero-order valence-electron chi connectivity index (χ0n) is 8.75. The van der Waals surface area contributed by atoms with E-state index in [0.29, 0.717) is 6.04 Å². The van der Waals surface area contributed by atoms with Gasteiger partial charge >= 0.3 is 0 Å². The zero-order chi connectivity index (χ0) is 9.30. The van der Waals surface area contributed by atoms with E-state index in [1.54, 1.807) is 0 Å².